The Morgan fingerprint density at radius 1 is 1.28 bits per heavy atom. The Kier molecular flexibility index (Phi) is 4.54. The van der Waals surface area contributed by atoms with Gasteiger partial charge in [0.15, 0.2) is 17.3 Å². The van der Waals surface area contributed by atoms with Crippen molar-refractivity contribution < 1.29 is 13.6 Å². The highest BCUT2D eigenvalue weighted by molar-refractivity contribution is 6.30. The molecule has 3 aromatic rings. The SMILES string of the molecule is C[C@H](NC(=O)Cn1nc2cc(Cl)ccn2c1=O)c1ccc(F)c(F)c1. The van der Waals surface area contributed by atoms with E-state index < -0.39 is 29.3 Å². The monoisotopic (exact) mass is 366 g/mol. The van der Waals surface area contributed by atoms with Gasteiger partial charge >= 0.3 is 5.69 Å². The van der Waals surface area contributed by atoms with Crippen LogP contribution in [0.5, 0.6) is 0 Å². The molecule has 1 atom stereocenters. The molecule has 3 rings (SSSR count). The minimum atomic E-state index is -0.993. The number of pyridine rings is 1. The van der Waals surface area contributed by atoms with Crippen molar-refractivity contribution in [2.24, 2.45) is 0 Å². The van der Waals surface area contributed by atoms with Crippen LogP contribution in [0.1, 0.15) is 18.5 Å². The second-order valence-corrected chi connectivity index (χ2v) is 5.91. The predicted octanol–water partition coefficient (Wildman–Crippen LogP) is 2.30. The van der Waals surface area contributed by atoms with Crippen LogP contribution in [0.2, 0.25) is 5.02 Å². The average Bonchev–Trinajstić information content (AvgIpc) is 2.85. The fourth-order valence-corrected chi connectivity index (χ4v) is 2.54. The highest BCUT2D eigenvalue weighted by Gasteiger charge is 2.15. The molecule has 0 saturated carbocycles. The number of hydrogen-bond donors (Lipinski definition) is 1. The van der Waals surface area contributed by atoms with Crippen LogP contribution in [0.3, 0.4) is 0 Å². The maximum atomic E-state index is 13.3. The largest absolute Gasteiger partial charge is 0.350 e. The van der Waals surface area contributed by atoms with Crippen molar-refractivity contribution in [3.05, 3.63) is 69.2 Å². The minimum absolute atomic E-state index is 0.313. The Bertz CT molecular complexity index is 1020. The maximum Gasteiger partial charge on any atom is 0.350 e. The lowest BCUT2D eigenvalue weighted by Crippen LogP contribution is -2.34. The number of hydrogen-bond acceptors (Lipinski definition) is 3. The zero-order chi connectivity index (χ0) is 18.1. The fraction of sp³-hybridized carbons (Fsp3) is 0.188. The van der Waals surface area contributed by atoms with Crippen LogP contribution in [0, 0.1) is 11.6 Å². The van der Waals surface area contributed by atoms with Crippen LogP contribution in [0.15, 0.2) is 41.3 Å². The first-order valence-electron chi connectivity index (χ1n) is 7.34. The Morgan fingerprint density at radius 3 is 2.76 bits per heavy atom. The lowest BCUT2D eigenvalue weighted by molar-refractivity contribution is -0.122. The molecule has 1 aromatic carbocycles. The van der Waals surface area contributed by atoms with Crippen LogP contribution in [0.4, 0.5) is 8.78 Å². The van der Waals surface area contributed by atoms with E-state index in [9.17, 15) is 18.4 Å². The minimum Gasteiger partial charge on any atom is -0.348 e. The Labute approximate surface area is 145 Å². The van der Waals surface area contributed by atoms with Crippen molar-refractivity contribution in [3.63, 3.8) is 0 Å². The first-order valence-corrected chi connectivity index (χ1v) is 7.72. The molecule has 0 bridgehead atoms. The second-order valence-electron chi connectivity index (χ2n) is 5.48. The van der Waals surface area contributed by atoms with E-state index in [1.54, 1.807) is 6.92 Å². The summed E-state index contributed by atoms with van der Waals surface area (Å²) >= 11 is 5.85. The van der Waals surface area contributed by atoms with Crippen LogP contribution >= 0.6 is 11.6 Å². The first-order chi connectivity index (χ1) is 11.8. The molecule has 0 radical (unpaired) electrons. The molecule has 0 fully saturated rings. The lowest BCUT2D eigenvalue weighted by Gasteiger charge is -2.14. The number of fused-ring (bicyclic) bond motifs is 1. The maximum absolute atomic E-state index is 13.3. The zero-order valence-electron chi connectivity index (χ0n) is 13.0. The number of nitrogens with zero attached hydrogens (tertiary/aromatic N) is 3. The van der Waals surface area contributed by atoms with Gasteiger partial charge in [0.2, 0.25) is 5.91 Å². The molecule has 1 amide bonds. The van der Waals surface area contributed by atoms with Gasteiger partial charge in [-0.2, -0.15) is 0 Å². The second kappa shape index (κ2) is 6.64. The van der Waals surface area contributed by atoms with E-state index in [-0.39, 0.29) is 6.54 Å². The molecule has 130 valence electrons. The average molecular weight is 367 g/mol. The molecule has 6 nitrogen and oxygen atoms in total. The fourth-order valence-electron chi connectivity index (χ4n) is 2.38. The molecule has 0 aliphatic rings. The number of rotatable bonds is 4. The van der Waals surface area contributed by atoms with Gasteiger partial charge in [-0.15, -0.1) is 5.10 Å². The van der Waals surface area contributed by atoms with E-state index in [2.05, 4.69) is 10.4 Å². The molecule has 25 heavy (non-hydrogen) atoms. The van der Waals surface area contributed by atoms with Crippen LogP contribution < -0.4 is 11.0 Å². The van der Waals surface area contributed by atoms with Gasteiger partial charge in [-0.25, -0.2) is 18.3 Å². The van der Waals surface area contributed by atoms with Crippen molar-refractivity contribution in [2.75, 3.05) is 0 Å². The summed E-state index contributed by atoms with van der Waals surface area (Å²) in [5, 5.41) is 7.06. The molecule has 2 heterocycles. The number of halogens is 3. The zero-order valence-corrected chi connectivity index (χ0v) is 13.8. The van der Waals surface area contributed by atoms with Gasteiger partial charge in [0.1, 0.15) is 6.54 Å². The summed E-state index contributed by atoms with van der Waals surface area (Å²) in [6.45, 7) is 1.31. The van der Waals surface area contributed by atoms with E-state index in [0.717, 1.165) is 16.8 Å². The highest BCUT2D eigenvalue weighted by Crippen LogP contribution is 2.16. The molecule has 9 heteroatoms. The summed E-state index contributed by atoms with van der Waals surface area (Å²) < 4.78 is 28.5. The molecule has 0 saturated heterocycles. The molecule has 1 N–H and O–H groups in total. The Morgan fingerprint density at radius 2 is 2.04 bits per heavy atom. The van der Waals surface area contributed by atoms with Gasteiger partial charge in [0.25, 0.3) is 0 Å². The number of amides is 1. The Balaban J connectivity index is 1.75. The highest BCUT2D eigenvalue weighted by atomic mass is 35.5. The van der Waals surface area contributed by atoms with Gasteiger partial charge in [-0.05, 0) is 30.7 Å². The molecule has 0 unspecified atom stereocenters. The van der Waals surface area contributed by atoms with Gasteiger partial charge in [-0.3, -0.25) is 9.20 Å². The summed E-state index contributed by atoms with van der Waals surface area (Å²) in [5.41, 5.74) is 0.239. The van der Waals surface area contributed by atoms with E-state index in [0.29, 0.717) is 16.2 Å². The summed E-state index contributed by atoms with van der Waals surface area (Å²) in [5.74, 6) is -2.45. The molecule has 0 aliphatic carbocycles. The van der Waals surface area contributed by atoms with E-state index in [4.69, 9.17) is 11.6 Å². The van der Waals surface area contributed by atoms with Crippen LogP contribution in [0.25, 0.3) is 5.65 Å². The van der Waals surface area contributed by atoms with Crippen LogP contribution in [-0.4, -0.2) is 20.1 Å². The number of carbonyl (C=O) groups excluding carboxylic acids is 1. The van der Waals surface area contributed by atoms with E-state index in [1.165, 1.54) is 28.8 Å². The quantitative estimate of drug-likeness (QED) is 0.770. The summed E-state index contributed by atoms with van der Waals surface area (Å²) in [6.07, 6.45) is 1.46. The van der Waals surface area contributed by atoms with E-state index in [1.807, 2.05) is 0 Å². The third-order valence-corrected chi connectivity index (χ3v) is 3.90. The molecule has 2 aromatic heterocycles. The first kappa shape index (κ1) is 17.1. The Hall–Kier alpha value is -2.74. The van der Waals surface area contributed by atoms with Crippen molar-refractivity contribution in [2.45, 2.75) is 19.5 Å². The molecule has 0 spiro atoms. The van der Waals surface area contributed by atoms with Gasteiger partial charge < -0.3 is 5.32 Å². The van der Waals surface area contributed by atoms with Crippen molar-refractivity contribution in [1.82, 2.24) is 19.5 Å². The van der Waals surface area contributed by atoms with Gasteiger partial charge in [0, 0.05) is 17.3 Å². The predicted molar refractivity (Wildman–Crippen MR) is 87.4 cm³/mol. The third kappa shape index (κ3) is 3.53. The summed E-state index contributed by atoms with van der Waals surface area (Å²) in [4.78, 5) is 24.3. The smallest absolute Gasteiger partial charge is 0.348 e. The van der Waals surface area contributed by atoms with Gasteiger partial charge in [-0.1, -0.05) is 17.7 Å². The van der Waals surface area contributed by atoms with E-state index >= 15 is 0 Å². The van der Waals surface area contributed by atoms with Crippen molar-refractivity contribution in [1.29, 1.82) is 0 Å². The summed E-state index contributed by atoms with van der Waals surface area (Å²) in [6, 6.07) is 5.85. The van der Waals surface area contributed by atoms with Crippen LogP contribution in [-0.2, 0) is 11.3 Å². The lowest BCUT2D eigenvalue weighted by atomic mass is 10.1. The molecule has 0 aliphatic heterocycles. The van der Waals surface area contributed by atoms with Crippen molar-refractivity contribution >= 4 is 23.2 Å². The standard InChI is InChI=1S/C16H13ClF2N4O2/c1-9(10-2-3-12(18)13(19)6-10)20-15(24)8-23-16(25)22-5-4-11(17)7-14(22)21-23/h2-7,9H,8H2,1H3,(H,20,24)/t9-/m0/s1. The summed E-state index contributed by atoms with van der Waals surface area (Å²) in [7, 11) is 0. The number of benzene rings is 1. The number of carbonyl (C=O) groups is 1. The topological polar surface area (TPSA) is 68.4 Å². The van der Waals surface area contributed by atoms with Crippen molar-refractivity contribution in [3.8, 4) is 0 Å². The molecular weight excluding hydrogens is 354 g/mol. The normalized spacial score (nSPS) is 12.3. The molecular formula is C16H13ClF2N4O2. The van der Waals surface area contributed by atoms with Gasteiger partial charge in [0.05, 0.1) is 6.04 Å². The number of nitrogens with one attached hydrogen (secondary N) is 1. The number of aromatic nitrogens is 3. The third-order valence-electron chi connectivity index (χ3n) is 3.66.